The lowest BCUT2D eigenvalue weighted by Gasteiger charge is -2.20. The number of benzene rings is 1. The highest BCUT2D eigenvalue weighted by molar-refractivity contribution is 9.10. The van der Waals surface area contributed by atoms with Crippen molar-refractivity contribution in [2.75, 3.05) is 0 Å². The van der Waals surface area contributed by atoms with Crippen molar-refractivity contribution in [2.45, 2.75) is 38.5 Å². The second kappa shape index (κ2) is 5.62. The van der Waals surface area contributed by atoms with Crippen LogP contribution >= 0.6 is 15.9 Å². The molecule has 1 aromatic carbocycles. The van der Waals surface area contributed by atoms with Gasteiger partial charge in [-0.3, -0.25) is 4.79 Å². The Morgan fingerprint density at radius 1 is 1.19 bits per heavy atom. The molecule has 0 heterocycles. The van der Waals surface area contributed by atoms with Gasteiger partial charge < -0.3 is 0 Å². The normalized spacial score (nSPS) is 21.1. The smallest absolute Gasteiger partial charge is 0.135 e. The van der Waals surface area contributed by atoms with Gasteiger partial charge >= 0.3 is 0 Å². The molecule has 1 atom stereocenters. The molecule has 0 aliphatic heterocycles. The van der Waals surface area contributed by atoms with E-state index in [1.165, 1.54) is 12.0 Å². The van der Waals surface area contributed by atoms with E-state index in [9.17, 15) is 4.79 Å². The van der Waals surface area contributed by atoms with Crippen LogP contribution in [0.15, 0.2) is 28.7 Å². The third-order valence-electron chi connectivity index (χ3n) is 3.38. The second-order valence-corrected chi connectivity index (χ2v) is 5.49. The molecule has 0 aromatic heterocycles. The van der Waals surface area contributed by atoms with Crippen molar-refractivity contribution in [1.82, 2.24) is 0 Å². The first-order valence-electron chi connectivity index (χ1n) is 6.03. The summed E-state index contributed by atoms with van der Waals surface area (Å²) in [5, 5.41) is 0. The van der Waals surface area contributed by atoms with Gasteiger partial charge in [0.25, 0.3) is 0 Å². The Morgan fingerprint density at radius 2 is 1.94 bits per heavy atom. The Hall–Kier alpha value is -0.630. The fraction of sp³-hybridized carbons (Fsp3) is 0.500. The van der Waals surface area contributed by atoms with E-state index in [2.05, 4.69) is 40.2 Å². The molecule has 0 N–H and O–H groups in total. The van der Waals surface area contributed by atoms with Crippen molar-refractivity contribution in [1.29, 1.82) is 0 Å². The van der Waals surface area contributed by atoms with E-state index in [0.717, 1.165) is 36.6 Å². The number of rotatable bonds is 3. The van der Waals surface area contributed by atoms with Crippen LogP contribution in [0.2, 0.25) is 0 Å². The summed E-state index contributed by atoms with van der Waals surface area (Å²) in [6.07, 6.45) is 6.31. The highest BCUT2D eigenvalue weighted by Gasteiger charge is 2.21. The number of aryl methyl sites for hydroxylation is 1. The number of ketones is 1. The molecule has 1 saturated carbocycles. The summed E-state index contributed by atoms with van der Waals surface area (Å²) in [5.74, 6) is 0.820. The van der Waals surface area contributed by atoms with Gasteiger partial charge in [0, 0.05) is 16.8 Å². The first-order chi connectivity index (χ1) is 7.75. The predicted molar refractivity (Wildman–Crippen MR) is 69.4 cm³/mol. The molecule has 0 amide bonds. The van der Waals surface area contributed by atoms with Crippen molar-refractivity contribution < 1.29 is 4.79 Å². The lowest BCUT2D eigenvalue weighted by Crippen LogP contribution is -2.19. The summed E-state index contributed by atoms with van der Waals surface area (Å²) < 4.78 is 1.12. The Morgan fingerprint density at radius 3 is 2.62 bits per heavy atom. The highest BCUT2D eigenvalue weighted by atomic mass is 79.9. The number of hydrogen-bond acceptors (Lipinski definition) is 1. The number of hydrogen-bond donors (Lipinski definition) is 0. The first kappa shape index (κ1) is 11.8. The Bertz CT molecular complexity index is 356. The van der Waals surface area contributed by atoms with E-state index < -0.39 is 0 Å². The average molecular weight is 281 g/mol. The summed E-state index contributed by atoms with van der Waals surface area (Å²) >= 11 is 3.43. The van der Waals surface area contributed by atoms with E-state index >= 15 is 0 Å². The van der Waals surface area contributed by atoms with Crippen molar-refractivity contribution in [3.05, 3.63) is 34.3 Å². The fourth-order valence-electron chi connectivity index (χ4n) is 2.35. The van der Waals surface area contributed by atoms with E-state index in [1.807, 2.05) is 0 Å². The Balaban J connectivity index is 1.86. The molecule has 1 unspecified atom stereocenters. The Kier molecular flexibility index (Phi) is 4.16. The van der Waals surface area contributed by atoms with Crippen LogP contribution in [0.4, 0.5) is 0 Å². The van der Waals surface area contributed by atoms with Crippen LogP contribution in [0.1, 0.15) is 37.7 Å². The second-order valence-electron chi connectivity index (χ2n) is 4.57. The molecular formula is C14H17BrO. The molecule has 2 rings (SSSR count). The molecular weight excluding hydrogens is 264 g/mol. The van der Waals surface area contributed by atoms with Crippen LogP contribution in [-0.2, 0) is 11.2 Å². The molecule has 16 heavy (non-hydrogen) atoms. The Labute approximate surface area is 105 Å². The predicted octanol–water partition coefficient (Wildman–Crippen LogP) is 4.14. The molecule has 1 aromatic rings. The monoisotopic (exact) mass is 280 g/mol. The molecule has 1 fully saturated rings. The minimum Gasteiger partial charge on any atom is -0.299 e. The lowest BCUT2D eigenvalue weighted by atomic mass is 9.84. The van der Waals surface area contributed by atoms with Crippen LogP contribution < -0.4 is 0 Å². The zero-order valence-corrected chi connectivity index (χ0v) is 11.0. The third kappa shape index (κ3) is 3.18. The molecule has 1 aliphatic rings. The van der Waals surface area contributed by atoms with Crippen molar-refractivity contribution in [2.24, 2.45) is 5.92 Å². The number of Topliss-reactive ketones (excluding diaryl/α,β-unsaturated/α-hetero) is 1. The van der Waals surface area contributed by atoms with Crippen molar-refractivity contribution >= 4 is 21.7 Å². The zero-order valence-electron chi connectivity index (χ0n) is 9.42. The SMILES string of the molecule is O=C1CCCCC1CCc1ccc(Br)cc1. The van der Waals surface area contributed by atoms with E-state index in [0.29, 0.717) is 11.7 Å². The van der Waals surface area contributed by atoms with Crippen LogP contribution in [0.3, 0.4) is 0 Å². The van der Waals surface area contributed by atoms with Gasteiger partial charge in [0.1, 0.15) is 5.78 Å². The van der Waals surface area contributed by atoms with Gasteiger partial charge in [-0.25, -0.2) is 0 Å². The average Bonchev–Trinajstić information content (AvgIpc) is 2.30. The van der Waals surface area contributed by atoms with E-state index in [1.54, 1.807) is 0 Å². The third-order valence-corrected chi connectivity index (χ3v) is 3.90. The maximum absolute atomic E-state index is 11.7. The topological polar surface area (TPSA) is 17.1 Å². The largest absolute Gasteiger partial charge is 0.299 e. The highest BCUT2D eigenvalue weighted by Crippen LogP contribution is 2.25. The zero-order chi connectivity index (χ0) is 11.4. The number of carbonyl (C=O) groups is 1. The summed E-state index contributed by atoms with van der Waals surface area (Å²) in [6, 6.07) is 8.41. The maximum Gasteiger partial charge on any atom is 0.135 e. The minimum absolute atomic E-state index is 0.331. The van der Waals surface area contributed by atoms with Crippen LogP contribution in [0.5, 0.6) is 0 Å². The molecule has 1 aliphatic carbocycles. The molecule has 86 valence electrons. The number of carbonyl (C=O) groups excluding carboxylic acids is 1. The van der Waals surface area contributed by atoms with Gasteiger partial charge in [-0.15, -0.1) is 0 Å². The number of halogens is 1. The van der Waals surface area contributed by atoms with Crippen molar-refractivity contribution in [3.8, 4) is 0 Å². The van der Waals surface area contributed by atoms with E-state index in [4.69, 9.17) is 0 Å². The lowest BCUT2D eigenvalue weighted by molar-refractivity contribution is -0.124. The molecule has 1 nitrogen and oxygen atoms in total. The van der Waals surface area contributed by atoms with Gasteiger partial charge in [-0.2, -0.15) is 0 Å². The summed E-state index contributed by atoms with van der Waals surface area (Å²) in [6.45, 7) is 0. The van der Waals surface area contributed by atoms with Crippen molar-refractivity contribution in [3.63, 3.8) is 0 Å². The minimum atomic E-state index is 0.331. The molecule has 0 radical (unpaired) electrons. The van der Waals surface area contributed by atoms with Crippen LogP contribution in [0.25, 0.3) is 0 Å². The maximum atomic E-state index is 11.7. The summed E-state index contributed by atoms with van der Waals surface area (Å²) in [5.41, 5.74) is 1.33. The molecule has 2 heteroatoms. The van der Waals surface area contributed by atoms with Gasteiger partial charge in [0.05, 0.1) is 0 Å². The van der Waals surface area contributed by atoms with Gasteiger partial charge in [0.15, 0.2) is 0 Å². The molecule has 0 bridgehead atoms. The van der Waals surface area contributed by atoms with Crippen LogP contribution in [0, 0.1) is 5.92 Å². The first-order valence-corrected chi connectivity index (χ1v) is 6.82. The summed E-state index contributed by atoms with van der Waals surface area (Å²) in [4.78, 5) is 11.7. The van der Waals surface area contributed by atoms with Gasteiger partial charge in [-0.05, 0) is 43.4 Å². The van der Waals surface area contributed by atoms with E-state index in [-0.39, 0.29) is 0 Å². The molecule has 0 spiro atoms. The van der Waals surface area contributed by atoms with Gasteiger partial charge in [0.2, 0.25) is 0 Å². The standard InChI is InChI=1S/C14H17BrO/c15-13-9-6-11(7-10-13)5-8-12-3-1-2-4-14(12)16/h6-7,9-10,12H,1-5,8H2. The quantitative estimate of drug-likeness (QED) is 0.813. The summed E-state index contributed by atoms with van der Waals surface area (Å²) in [7, 11) is 0. The fourth-order valence-corrected chi connectivity index (χ4v) is 2.62. The van der Waals surface area contributed by atoms with Crippen LogP contribution in [-0.4, -0.2) is 5.78 Å². The van der Waals surface area contributed by atoms with Gasteiger partial charge in [-0.1, -0.05) is 34.5 Å². The molecule has 0 saturated heterocycles.